The third-order valence-corrected chi connectivity index (χ3v) is 4.71. The summed E-state index contributed by atoms with van der Waals surface area (Å²) in [4.78, 5) is 40.1. The van der Waals surface area contributed by atoms with Crippen molar-refractivity contribution in [2.24, 2.45) is 0 Å². The number of aldehydes is 1. The number of likely N-dealkylation sites (N-methyl/N-ethyl adjacent to an activating group) is 1. The van der Waals surface area contributed by atoms with Gasteiger partial charge in [-0.05, 0) is 31.3 Å². The van der Waals surface area contributed by atoms with Crippen LogP contribution in [0.4, 0.5) is 16.2 Å². The standard InChI is InChI=1S/C12H16N3O4.C5H3ClOS/c1-13-7-11-8-14(12(16)19-11)9-3-5-10(6-4-9)15(17)18-2;6-5-2-1-4(3-7)8-5/h3-6,11,13H,7-8H2,1-2H3;1-3H/q+1;. The van der Waals surface area contributed by atoms with Crippen LogP contribution in [0.5, 0.6) is 0 Å². The molecule has 0 bridgehead atoms. The van der Waals surface area contributed by atoms with Gasteiger partial charge in [-0.25, -0.2) is 9.63 Å². The van der Waals surface area contributed by atoms with E-state index in [0.717, 1.165) is 6.29 Å². The summed E-state index contributed by atoms with van der Waals surface area (Å²) in [7, 11) is 3.10. The Kier molecular flexibility index (Phi) is 7.71. The lowest BCUT2D eigenvalue weighted by molar-refractivity contribution is -0.736. The van der Waals surface area contributed by atoms with E-state index >= 15 is 0 Å². The molecule has 1 N–H and O–H groups in total. The van der Waals surface area contributed by atoms with Crippen LogP contribution >= 0.6 is 22.9 Å². The predicted octanol–water partition coefficient (Wildman–Crippen LogP) is 3.42. The number of carbonyl (C=O) groups is 2. The van der Waals surface area contributed by atoms with Gasteiger partial charge in [-0.1, -0.05) is 11.6 Å². The van der Waals surface area contributed by atoms with E-state index in [1.807, 2.05) is 0 Å². The summed E-state index contributed by atoms with van der Waals surface area (Å²) in [6.45, 7) is 1.10. The number of anilines is 1. The SMILES string of the molecule is CNCC1CN(c2ccc([N+](=O)OC)cc2)C(=O)O1.O=Cc1ccc(Cl)s1. The Morgan fingerprint density at radius 3 is 2.56 bits per heavy atom. The van der Waals surface area contributed by atoms with Gasteiger partial charge in [0, 0.05) is 24.4 Å². The highest BCUT2D eigenvalue weighted by atomic mass is 35.5. The molecule has 1 saturated heterocycles. The van der Waals surface area contributed by atoms with E-state index in [0.29, 0.717) is 38.6 Å². The highest BCUT2D eigenvalue weighted by molar-refractivity contribution is 7.17. The number of benzene rings is 1. The third kappa shape index (κ3) is 5.75. The number of thiophene rings is 1. The lowest BCUT2D eigenvalue weighted by Gasteiger charge is -2.12. The smallest absolute Gasteiger partial charge is 0.414 e. The van der Waals surface area contributed by atoms with E-state index in [-0.39, 0.29) is 12.2 Å². The second-order valence-electron chi connectivity index (χ2n) is 5.39. The van der Waals surface area contributed by atoms with Crippen molar-refractivity contribution >= 4 is 46.7 Å². The first-order chi connectivity index (χ1) is 13.0. The van der Waals surface area contributed by atoms with Crippen LogP contribution in [0.25, 0.3) is 0 Å². The Hall–Kier alpha value is -2.49. The van der Waals surface area contributed by atoms with Crippen molar-refractivity contribution in [1.29, 1.82) is 0 Å². The average Bonchev–Trinajstić information content (AvgIpc) is 3.27. The maximum Gasteiger partial charge on any atom is 0.414 e. The van der Waals surface area contributed by atoms with Crippen LogP contribution in [0.2, 0.25) is 4.34 Å². The molecule has 1 aromatic heterocycles. The van der Waals surface area contributed by atoms with Crippen LogP contribution in [0, 0.1) is 4.91 Å². The summed E-state index contributed by atoms with van der Waals surface area (Å²) in [5, 5.41) is 2.97. The van der Waals surface area contributed by atoms with Gasteiger partial charge in [0.25, 0.3) is 4.92 Å². The summed E-state index contributed by atoms with van der Waals surface area (Å²) in [6, 6.07) is 9.94. The van der Waals surface area contributed by atoms with Crippen molar-refractivity contribution in [2.75, 3.05) is 32.1 Å². The van der Waals surface area contributed by atoms with Crippen LogP contribution in [-0.2, 0) is 9.57 Å². The van der Waals surface area contributed by atoms with Gasteiger partial charge in [-0.15, -0.1) is 11.3 Å². The molecule has 3 rings (SSSR count). The van der Waals surface area contributed by atoms with Crippen molar-refractivity contribution < 1.29 is 24.1 Å². The van der Waals surface area contributed by atoms with Gasteiger partial charge < -0.3 is 10.1 Å². The minimum atomic E-state index is -0.376. The molecule has 1 aliphatic rings. The number of rotatable bonds is 6. The summed E-state index contributed by atoms with van der Waals surface area (Å²) < 4.78 is 5.85. The molecule has 2 heterocycles. The lowest BCUT2D eigenvalue weighted by Crippen LogP contribution is -2.29. The molecular weight excluding hydrogens is 394 g/mol. The summed E-state index contributed by atoms with van der Waals surface area (Å²) >= 11 is 6.78. The molecular formula is C17H19ClN3O5S+. The molecule has 0 aliphatic carbocycles. The second-order valence-corrected chi connectivity index (χ2v) is 7.14. The van der Waals surface area contributed by atoms with Gasteiger partial charge in [0.1, 0.15) is 6.10 Å². The Bertz CT molecular complexity index is 796. The lowest BCUT2D eigenvalue weighted by atomic mass is 10.2. The molecule has 27 heavy (non-hydrogen) atoms. The molecule has 1 fully saturated rings. The zero-order valence-corrected chi connectivity index (χ0v) is 16.3. The first-order valence-electron chi connectivity index (χ1n) is 7.93. The molecule has 10 heteroatoms. The highest BCUT2D eigenvalue weighted by Crippen LogP contribution is 2.24. The van der Waals surface area contributed by atoms with E-state index in [1.54, 1.807) is 43.4 Å². The molecule has 0 radical (unpaired) electrons. The summed E-state index contributed by atoms with van der Waals surface area (Å²) in [5.41, 5.74) is 1.06. The number of nitrogens with one attached hydrogen (secondary N) is 1. The molecule has 2 aromatic rings. The number of ether oxygens (including phenoxy) is 1. The molecule has 8 nitrogen and oxygen atoms in total. The molecule has 0 spiro atoms. The van der Waals surface area contributed by atoms with Crippen molar-refractivity contribution in [2.45, 2.75) is 6.10 Å². The van der Waals surface area contributed by atoms with Crippen molar-refractivity contribution in [3.8, 4) is 0 Å². The van der Waals surface area contributed by atoms with E-state index in [4.69, 9.17) is 16.3 Å². The summed E-state index contributed by atoms with van der Waals surface area (Å²) in [6.07, 6.45) is 0.252. The van der Waals surface area contributed by atoms with E-state index in [2.05, 4.69) is 10.2 Å². The fourth-order valence-electron chi connectivity index (χ4n) is 2.32. The quantitative estimate of drug-likeness (QED) is 0.577. The van der Waals surface area contributed by atoms with Crippen LogP contribution < -0.4 is 10.2 Å². The van der Waals surface area contributed by atoms with E-state index in [9.17, 15) is 14.5 Å². The monoisotopic (exact) mass is 412 g/mol. The van der Waals surface area contributed by atoms with Gasteiger partial charge in [0.2, 0.25) is 0 Å². The normalized spacial score (nSPS) is 15.6. The van der Waals surface area contributed by atoms with Crippen LogP contribution in [-0.4, -0.2) is 50.7 Å². The Balaban J connectivity index is 0.000000273. The average molecular weight is 413 g/mol. The van der Waals surface area contributed by atoms with Crippen molar-refractivity contribution in [3.05, 3.63) is 50.5 Å². The van der Waals surface area contributed by atoms with Crippen LogP contribution in [0.15, 0.2) is 36.4 Å². The number of halogens is 1. The van der Waals surface area contributed by atoms with E-state index < -0.39 is 0 Å². The third-order valence-electron chi connectivity index (χ3n) is 3.55. The Morgan fingerprint density at radius 2 is 2.07 bits per heavy atom. The minimum Gasteiger partial charge on any atom is -0.443 e. The van der Waals surface area contributed by atoms with Gasteiger partial charge in [0.15, 0.2) is 13.4 Å². The fourth-order valence-corrected chi connectivity index (χ4v) is 3.19. The highest BCUT2D eigenvalue weighted by Gasteiger charge is 2.32. The number of nitrogens with zero attached hydrogens (tertiary/aromatic N) is 2. The van der Waals surface area contributed by atoms with Gasteiger partial charge >= 0.3 is 11.8 Å². The van der Waals surface area contributed by atoms with E-state index in [1.165, 1.54) is 23.3 Å². The van der Waals surface area contributed by atoms with Gasteiger partial charge in [0.05, 0.1) is 20.7 Å². The Labute approximate surface area is 165 Å². The van der Waals surface area contributed by atoms with Gasteiger partial charge in [-0.2, -0.15) is 0 Å². The van der Waals surface area contributed by atoms with Crippen molar-refractivity contribution in [1.82, 2.24) is 5.32 Å². The topological polar surface area (TPSA) is 87.9 Å². The van der Waals surface area contributed by atoms with Crippen LogP contribution in [0.3, 0.4) is 0 Å². The molecule has 1 atom stereocenters. The van der Waals surface area contributed by atoms with Gasteiger partial charge in [-0.3, -0.25) is 9.69 Å². The number of hydrogen-bond donors (Lipinski definition) is 1. The van der Waals surface area contributed by atoms with Crippen LogP contribution in [0.1, 0.15) is 9.67 Å². The maximum absolute atomic E-state index is 11.7. The minimum absolute atomic E-state index is 0.160. The fraction of sp³-hybridized carbons (Fsp3) is 0.294. The number of hydrogen-bond acceptors (Lipinski definition) is 7. The first-order valence-corrected chi connectivity index (χ1v) is 9.12. The number of amides is 1. The zero-order valence-electron chi connectivity index (χ0n) is 14.8. The van der Waals surface area contributed by atoms with Crippen molar-refractivity contribution in [3.63, 3.8) is 0 Å². The molecule has 1 aliphatic heterocycles. The first kappa shape index (κ1) is 20.8. The maximum atomic E-state index is 11.7. The molecule has 0 saturated carbocycles. The molecule has 144 valence electrons. The number of carbonyl (C=O) groups excluding carboxylic acids is 2. The molecule has 1 unspecified atom stereocenters. The predicted molar refractivity (Wildman–Crippen MR) is 103 cm³/mol. The largest absolute Gasteiger partial charge is 0.443 e. The second kappa shape index (κ2) is 10.0. The number of cyclic esters (lactones) is 1. The summed E-state index contributed by atoms with van der Waals surface area (Å²) in [5.74, 6) is 0. The zero-order chi connectivity index (χ0) is 19.8. The Morgan fingerprint density at radius 1 is 1.37 bits per heavy atom. The molecule has 1 amide bonds. The molecule has 1 aromatic carbocycles.